The van der Waals surface area contributed by atoms with E-state index in [0.717, 1.165) is 19.3 Å². The van der Waals surface area contributed by atoms with E-state index in [0.29, 0.717) is 5.56 Å². The first kappa shape index (κ1) is 13.2. The Balaban J connectivity index is 2.27. The van der Waals surface area contributed by atoms with Crippen LogP contribution >= 0.6 is 0 Å². The standard InChI is InChI=1S/C13H20O3/c1-2-3-9-12(14)10-16-13(15)11-7-5-4-6-8-11/h4-8,12-15H,2-3,9-10H2,1H3/t12-,13?/m0/s1. The van der Waals surface area contributed by atoms with Crippen molar-refractivity contribution in [3.63, 3.8) is 0 Å². The van der Waals surface area contributed by atoms with Crippen molar-refractivity contribution in [2.24, 2.45) is 0 Å². The van der Waals surface area contributed by atoms with Crippen LogP contribution in [0.1, 0.15) is 38.0 Å². The summed E-state index contributed by atoms with van der Waals surface area (Å²) in [5, 5.41) is 19.2. The molecule has 0 aliphatic carbocycles. The van der Waals surface area contributed by atoms with Crippen molar-refractivity contribution in [2.75, 3.05) is 6.61 Å². The molecule has 0 aromatic heterocycles. The molecule has 0 bridgehead atoms. The Kier molecular flexibility index (Phi) is 6.08. The van der Waals surface area contributed by atoms with Crippen LogP contribution in [0.4, 0.5) is 0 Å². The largest absolute Gasteiger partial charge is 0.391 e. The summed E-state index contributed by atoms with van der Waals surface area (Å²) in [5.74, 6) is 0. The molecule has 1 rings (SSSR count). The topological polar surface area (TPSA) is 49.7 Å². The van der Waals surface area contributed by atoms with Crippen molar-refractivity contribution < 1.29 is 14.9 Å². The first-order valence-corrected chi connectivity index (χ1v) is 5.76. The smallest absolute Gasteiger partial charge is 0.181 e. The highest BCUT2D eigenvalue weighted by atomic mass is 16.6. The van der Waals surface area contributed by atoms with Gasteiger partial charge in [0.2, 0.25) is 0 Å². The molecule has 90 valence electrons. The van der Waals surface area contributed by atoms with Crippen LogP contribution in [0.25, 0.3) is 0 Å². The van der Waals surface area contributed by atoms with E-state index in [1.807, 2.05) is 18.2 Å². The Morgan fingerprint density at radius 3 is 2.50 bits per heavy atom. The monoisotopic (exact) mass is 224 g/mol. The van der Waals surface area contributed by atoms with E-state index in [2.05, 4.69) is 6.92 Å². The molecule has 3 nitrogen and oxygen atoms in total. The summed E-state index contributed by atoms with van der Waals surface area (Å²) in [6.45, 7) is 2.25. The van der Waals surface area contributed by atoms with Crippen LogP contribution in [-0.2, 0) is 4.74 Å². The lowest BCUT2D eigenvalue weighted by atomic mass is 10.2. The summed E-state index contributed by atoms with van der Waals surface area (Å²) in [7, 11) is 0. The first-order valence-electron chi connectivity index (χ1n) is 5.76. The van der Waals surface area contributed by atoms with Crippen molar-refractivity contribution in [2.45, 2.75) is 38.6 Å². The third kappa shape index (κ3) is 4.75. The second-order valence-corrected chi connectivity index (χ2v) is 3.89. The van der Waals surface area contributed by atoms with Gasteiger partial charge in [-0.25, -0.2) is 0 Å². The fourth-order valence-electron chi connectivity index (χ4n) is 1.44. The molecular formula is C13H20O3. The Labute approximate surface area is 96.7 Å². The van der Waals surface area contributed by atoms with Gasteiger partial charge in [-0.1, -0.05) is 50.1 Å². The molecule has 0 saturated heterocycles. The van der Waals surface area contributed by atoms with Gasteiger partial charge in [0.15, 0.2) is 6.29 Å². The Morgan fingerprint density at radius 1 is 1.19 bits per heavy atom. The lowest BCUT2D eigenvalue weighted by Gasteiger charge is -2.15. The van der Waals surface area contributed by atoms with Crippen molar-refractivity contribution in [3.05, 3.63) is 35.9 Å². The van der Waals surface area contributed by atoms with Crippen LogP contribution < -0.4 is 0 Å². The van der Waals surface area contributed by atoms with Gasteiger partial charge in [-0.05, 0) is 6.42 Å². The molecule has 1 aromatic rings. The van der Waals surface area contributed by atoms with E-state index >= 15 is 0 Å². The molecule has 2 N–H and O–H groups in total. The molecule has 0 saturated carbocycles. The molecule has 3 heteroatoms. The first-order chi connectivity index (χ1) is 7.74. The maximum Gasteiger partial charge on any atom is 0.181 e. The fraction of sp³-hybridized carbons (Fsp3) is 0.538. The van der Waals surface area contributed by atoms with Crippen molar-refractivity contribution >= 4 is 0 Å². The van der Waals surface area contributed by atoms with E-state index in [9.17, 15) is 10.2 Å². The van der Waals surface area contributed by atoms with Gasteiger partial charge in [0, 0.05) is 5.56 Å². The van der Waals surface area contributed by atoms with E-state index in [-0.39, 0.29) is 6.61 Å². The van der Waals surface area contributed by atoms with E-state index in [1.165, 1.54) is 0 Å². The third-order valence-corrected chi connectivity index (χ3v) is 2.42. The highest BCUT2D eigenvalue weighted by molar-refractivity contribution is 5.15. The highest BCUT2D eigenvalue weighted by Crippen LogP contribution is 2.14. The van der Waals surface area contributed by atoms with Gasteiger partial charge in [-0.15, -0.1) is 0 Å². The van der Waals surface area contributed by atoms with Gasteiger partial charge in [-0.2, -0.15) is 0 Å². The predicted octanol–water partition coefficient (Wildman–Crippen LogP) is 2.25. The van der Waals surface area contributed by atoms with Crippen molar-refractivity contribution in [1.82, 2.24) is 0 Å². The molecule has 0 amide bonds. The van der Waals surface area contributed by atoms with Gasteiger partial charge in [-0.3, -0.25) is 0 Å². The molecule has 2 atom stereocenters. The van der Waals surface area contributed by atoms with Crippen molar-refractivity contribution in [1.29, 1.82) is 0 Å². The maximum absolute atomic E-state index is 9.66. The molecule has 0 aliphatic heterocycles. The van der Waals surface area contributed by atoms with E-state index in [1.54, 1.807) is 12.1 Å². The Hall–Kier alpha value is -0.900. The minimum Gasteiger partial charge on any atom is -0.391 e. The number of ether oxygens (including phenoxy) is 1. The molecule has 0 aliphatic rings. The summed E-state index contributed by atoms with van der Waals surface area (Å²) in [6.07, 6.45) is 1.32. The average molecular weight is 224 g/mol. The SMILES string of the molecule is CCCC[C@H](O)COC(O)c1ccccc1. The van der Waals surface area contributed by atoms with Crippen LogP contribution in [-0.4, -0.2) is 22.9 Å². The third-order valence-electron chi connectivity index (χ3n) is 2.42. The number of aliphatic hydroxyl groups excluding tert-OH is 2. The Morgan fingerprint density at radius 2 is 1.88 bits per heavy atom. The van der Waals surface area contributed by atoms with Gasteiger partial charge in [0.25, 0.3) is 0 Å². The van der Waals surface area contributed by atoms with Crippen LogP contribution in [0.3, 0.4) is 0 Å². The van der Waals surface area contributed by atoms with E-state index in [4.69, 9.17) is 4.74 Å². The molecule has 1 unspecified atom stereocenters. The second kappa shape index (κ2) is 7.39. The number of hydrogen-bond acceptors (Lipinski definition) is 3. The molecular weight excluding hydrogens is 204 g/mol. The molecule has 0 radical (unpaired) electrons. The minimum atomic E-state index is -0.947. The van der Waals surface area contributed by atoms with Crippen LogP contribution in [0, 0.1) is 0 Å². The quantitative estimate of drug-likeness (QED) is 0.698. The van der Waals surface area contributed by atoms with Crippen LogP contribution in [0.15, 0.2) is 30.3 Å². The maximum atomic E-state index is 9.66. The van der Waals surface area contributed by atoms with Crippen molar-refractivity contribution in [3.8, 4) is 0 Å². The minimum absolute atomic E-state index is 0.177. The normalized spacial score (nSPS) is 14.7. The summed E-state index contributed by atoms with van der Waals surface area (Å²) in [6, 6.07) is 9.16. The van der Waals surface area contributed by atoms with Crippen LogP contribution in [0.2, 0.25) is 0 Å². The van der Waals surface area contributed by atoms with Gasteiger partial charge in [0.1, 0.15) is 0 Å². The number of rotatable bonds is 7. The summed E-state index contributed by atoms with van der Waals surface area (Å²) in [4.78, 5) is 0. The Bertz CT molecular complexity index is 274. The highest BCUT2D eigenvalue weighted by Gasteiger charge is 2.10. The van der Waals surface area contributed by atoms with E-state index < -0.39 is 12.4 Å². The zero-order valence-corrected chi connectivity index (χ0v) is 9.67. The van der Waals surface area contributed by atoms with Gasteiger partial charge in [0.05, 0.1) is 12.7 Å². The predicted molar refractivity (Wildman–Crippen MR) is 62.9 cm³/mol. The number of benzene rings is 1. The molecule has 0 spiro atoms. The molecule has 16 heavy (non-hydrogen) atoms. The number of hydrogen-bond donors (Lipinski definition) is 2. The molecule has 0 heterocycles. The van der Waals surface area contributed by atoms with Crippen LogP contribution in [0.5, 0.6) is 0 Å². The number of aliphatic hydroxyl groups is 2. The summed E-state index contributed by atoms with van der Waals surface area (Å²) in [5.41, 5.74) is 0.713. The lowest BCUT2D eigenvalue weighted by molar-refractivity contribution is -0.125. The lowest BCUT2D eigenvalue weighted by Crippen LogP contribution is -2.17. The second-order valence-electron chi connectivity index (χ2n) is 3.89. The van der Waals surface area contributed by atoms with Gasteiger partial charge < -0.3 is 14.9 Å². The molecule has 0 fully saturated rings. The zero-order chi connectivity index (χ0) is 11.8. The summed E-state index contributed by atoms with van der Waals surface area (Å²) < 4.78 is 5.19. The fourth-order valence-corrected chi connectivity index (χ4v) is 1.44. The summed E-state index contributed by atoms with van der Waals surface area (Å²) >= 11 is 0. The number of unbranched alkanes of at least 4 members (excludes halogenated alkanes) is 1. The molecule has 1 aromatic carbocycles. The zero-order valence-electron chi connectivity index (χ0n) is 9.67. The average Bonchev–Trinajstić information content (AvgIpc) is 2.34. The van der Waals surface area contributed by atoms with Gasteiger partial charge >= 0.3 is 0 Å².